The van der Waals surface area contributed by atoms with E-state index in [1.165, 1.54) is 18.4 Å². The smallest absolute Gasteiger partial charge is 0.341 e. The number of hydrogen-bond donors (Lipinski definition) is 2. The molecule has 0 unspecified atom stereocenters. The second-order valence-electron chi connectivity index (χ2n) is 5.21. The lowest BCUT2D eigenvalue weighted by molar-refractivity contribution is -0.131. The Morgan fingerprint density at radius 2 is 2.09 bits per heavy atom. The predicted octanol–water partition coefficient (Wildman–Crippen LogP) is 2.24. The molecule has 0 bridgehead atoms. The Balaban J connectivity index is 2.32. The van der Waals surface area contributed by atoms with Crippen molar-refractivity contribution in [3.05, 3.63) is 28.2 Å². The molecule has 1 aliphatic carbocycles. The van der Waals surface area contributed by atoms with Gasteiger partial charge in [0, 0.05) is 17.0 Å². The van der Waals surface area contributed by atoms with Crippen LogP contribution in [0.3, 0.4) is 0 Å². The van der Waals surface area contributed by atoms with E-state index in [0.717, 1.165) is 41.9 Å². The van der Waals surface area contributed by atoms with Crippen molar-refractivity contribution in [3.8, 4) is 0 Å². The summed E-state index contributed by atoms with van der Waals surface area (Å²) >= 11 is 1.36. The Kier molecular flexibility index (Phi) is 4.97. The van der Waals surface area contributed by atoms with Crippen LogP contribution in [0, 0.1) is 5.92 Å². The first-order valence-corrected chi connectivity index (χ1v) is 7.68. The van der Waals surface area contributed by atoms with Gasteiger partial charge in [0.15, 0.2) is 0 Å². The summed E-state index contributed by atoms with van der Waals surface area (Å²) < 4.78 is 4.81. The molecule has 2 N–H and O–H groups in total. The Bertz CT molecular complexity index is 647. The van der Waals surface area contributed by atoms with Crippen molar-refractivity contribution in [2.45, 2.75) is 26.2 Å². The monoisotopic (exact) mass is 323 g/mol. The quantitative estimate of drug-likeness (QED) is 0.655. The van der Waals surface area contributed by atoms with E-state index in [9.17, 15) is 14.4 Å². The number of thiophene rings is 1. The second kappa shape index (κ2) is 6.74. The largest absolute Gasteiger partial charge is 0.478 e. The Labute approximate surface area is 131 Å². The van der Waals surface area contributed by atoms with Crippen LogP contribution in [0.4, 0.5) is 5.00 Å². The van der Waals surface area contributed by atoms with Crippen molar-refractivity contribution in [2.75, 3.05) is 12.4 Å². The van der Waals surface area contributed by atoms with Gasteiger partial charge in [-0.15, -0.1) is 11.3 Å². The highest BCUT2D eigenvalue weighted by atomic mass is 32.1. The van der Waals surface area contributed by atoms with Crippen molar-refractivity contribution >= 4 is 34.2 Å². The summed E-state index contributed by atoms with van der Waals surface area (Å²) in [6, 6.07) is 0. The fraction of sp³-hybridized carbons (Fsp3) is 0.400. The van der Waals surface area contributed by atoms with E-state index < -0.39 is 17.8 Å². The number of anilines is 1. The average molecular weight is 323 g/mol. The lowest BCUT2D eigenvalue weighted by atomic mass is 9.88. The zero-order chi connectivity index (χ0) is 16.3. The van der Waals surface area contributed by atoms with Gasteiger partial charge in [0.05, 0.1) is 12.7 Å². The van der Waals surface area contributed by atoms with Crippen LogP contribution in [0.2, 0.25) is 0 Å². The van der Waals surface area contributed by atoms with Crippen molar-refractivity contribution < 1.29 is 24.2 Å². The molecule has 0 saturated carbocycles. The number of rotatable bonds is 4. The first-order chi connectivity index (χ1) is 10.4. The molecule has 1 aromatic rings. The maximum absolute atomic E-state index is 12.0. The van der Waals surface area contributed by atoms with Crippen molar-refractivity contribution in [2.24, 2.45) is 5.92 Å². The molecule has 1 amide bonds. The molecule has 1 aromatic heterocycles. The van der Waals surface area contributed by atoms with E-state index in [2.05, 4.69) is 12.2 Å². The molecule has 0 radical (unpaired) electrons. The van der Waals surface area contributed by atoms with Crippen LogP contribution in [0.1, 0.15) is 34.1 Å². The minimum absolute atomic E-state index is 0.395. The summed E-state index contributed by atoms with van der Waals surface area (Å²) in [5.41, 5.74) is 1.33. The van der Waals surface area contributed by atoms with Gasteiger partial charge in [0.25, 0.3) is 0 Å². The van der Waals surface area contributed by atoms with Gasteiger partial charge in [-0.05, 0) is 30.7 Å². The number of carboxylic acids is 1. The average Bonchev–Trinajstić information content (AvgIpc) is 2.81. The summed E-state index contributed by atoms with van der Waals surface area (Å²) in [6.45, 7) is 2.15. The van der Waals surface area contributed by atoms with Gasteiger partial charge in [-0.3, -0.25) is 4.79 Å². The van der Waals surface area contributed by atoms with Gasteiger partial charge in [-0.1, -0.05) is 6.92 Å². The van der Waals surface area contributed by atoms with Crippen molar-refractivity contribution in [3.63, 3.8) is 0 Å². The van der Waals surface area contributed by atoms with Crippen LogP contribution in [0.15, 0.2) is 12.2 Å². The molecule has 0 aliphatic heterocycles. The zero-order valence-corrected chi connectivity index (χ0v) is 13.2. The minimum Gasteiger partial charge on any atom is -0.478 e. The first-order valence-electron chi connectivity index (χ1n) is 6.87. The second-order valence-corrected chi connectivity index (χ2v) is 6.31. The van der Waals surface area contributed by atoms with E-state index in [-0.39, 0.29) is 0 Å². The third kappa shape index (κ3) is 3.54. The molecule has 0 aromatic carbocycles. The van der Waals surface area contributed by atoms with Crippen LogP contribution < -0.4 is 5.32 Å². The number of carboxylic acid groups (broad SMARTS) is 1. The fourth-order valence-electron chi connectivity index (χ4n) is 2.46. The Morgan fingerprint density at radius 1 is 1.36 bits per heavy atom. The topological polar surface area (TPSA) is 92.7 Å². The zero-order valence-electron chi connectivity index (χ0n) is 12.3. The minimum atomic E-state index is -1.21. The molecular formula is C15H17NO5S. The van der Waals surface area contributed by atoms with E-state index in [4.69, 9.17) is 9.84 Å². The van der Waals surface area contributed by atoms with E-state index in [1.807, 2.05) is 0 Å². The van der Waals surface area contributed by atoms with Crippen LogP contribution in [-0.2, 0) is 27.2 Å². The van der Waals surface area contributed by atoms with Crippen molar-refractivity contribution in [1.29, 1.82) is 0 Å². The SMILES string of the molecule is COC(=O)c1c(NC(=O)/C=C\C(=O)O)sc2c1CC[C@H](C)C2. The molecule has 2 rings (SSSR count). The normalized spacial score (nSPS) is 17.1. The summed E-state index contributed by atoms with van der Waals surface area (Å²) in [6.07, 6.45) is 4.30. The summed E-state index contributed by atoms with van der Waals surface area (Å²) in [4.78, 5) is 35.3. The maximum atomic E-state index is 12.0. The van der Waals surface area contributed by atoms with Crippen LogP contribution >= 0.6 is 11.3 Å². The van der Waals surface area contributed by atoms with Gasteiger partial charge in [0.1, 0.15) is 5.00 Å². The number of carbonyl (C=O) groups is 3. The molecule has 1 heterocycles. The highest BCUT2D eigenvalue weighted by Gasteiger charge is 2.28. The summed E-state index contributed by atoms with van der Waals surface area (Å²) in [5, 5.41) is 11.5. The number of ether oxygens (including phenoxy) is 1. The van der Waals surface area contributed by atoms with E-state index in [1.54, 1.807) is 0 Å². The van der Waals surface area contributed by atoms with Crippen LogP contribution in [0.5, 0.6) is 0 Å². The Hall–Kier alpha value is -2.15. The molecule has 6 nitrogen and oxygen atoms in total. The standard InChI is InChI=1S/C15H17NO5S/c1-8-3-4-9-10(7-8)22-14(13(9)15(20)21-2)16-11(17)5-6-12(18)19/h5-6,8H,3-4,7H2,1-2H3,(H,16,17)(H,18,19)/b6-5-/t8-/m0/s1. The number of fused-ring (bicyclic) bond motifs is 1. The number of amides is 1. The van der Waals surface area contributed by atoms with Gasteiger partial charge in [-0.25, -0.2) is 9.59 Å². The van der Waals surface area contributed by atoms with Crippen molar-refractivity contribution in [1.82, 2.24) is 0 Å². The van der Waals surface area contributed by atoms with E-state index >= 15 is 0 Å². The van der Waals surface area contributed by atoms with E-state index in [0.29, 0.717) is 16.5 Å². The number of methoxy groups -OCH3 is 1. The van der Waals surface area contributed by atoms with Crippen LogP contribution in [0.25, 0.3) is 0 Å². The third-order valence-electron chi connectivity index (χ3n) is 3.52. The summed E-state index contributed by atoms with van der Waals surface area (Å²) in [7, 11) is 1.30. The fourth-order valence-corrected chi connectivity index (χ4v) is 3.86. The van der Waals surface area contributed by atoms with Crippen LogP contribution in [-0.4, -0.2) is 30.1 Å². The molecule has 22 heavy (non-hydrogen) atoms. The predicted molar refractivity (Wildman–Crippen MR) is 82.3 cm³/mol. The molecule has 118 valence electrons. The molecular weight excluding hydrogens is 306 g/mol. The van der Waals surface area contributed by atoms with Gasteiger partial charge < -0.3 is 15.2 Å². The summed E-state index contributed by atoms with van der Waals surface area (Å²) in [5.74, 6) is -1.74. The number of nitrogens with one attached hydrogen (secondary N) is 1. The number of esters is 1. The molecule has 1 aliphatic rings. The highest BCUT2D eigenvalue weighted by molar-refractivity contribution is 7.17. The number of hydrogen-bond acceptors (Lipinski definition) is 5. The van der Waals surface area contributed by atoms with Gasteiger partial charge >= 0.3 is 11.9 Å². The lowest BCUT2D eigenvalue weighted by Gasteiger charge is -2.18. The highest BCUT2D eigenvalue weighted by Crippen LogP contribution is 2.39. The Morgan fingerprint density at radius 3 is 2.73 bits per heavy atom. The first kappa shape index (κ1) is 16.2. The lowest BCUT2D eigenvalue weighted by Crippen LogP contribution is -2.15. The van der Waals surface area contributed by atoms with Gasteiger partial charge in [0.2, 0.25) is 5.91 Å². The third-order valence-corrected chi connectivity index (χ3v) is 4.68. The molecule has 0 fully saturated rings. The molecule has 0 spiro atoms. The van der Waals surface area contributed by atoms with Gasteiger partial charge in [-0.2, -0.15) is 0 Å². The molecule has 1 atom stereocenters. The number of aliphatic carboxylic acids is 1. The molecule has 7 heteroatoms. The number of carbonyl (C=O) groups excluding carboxylic acids is 2. The molecule has 0 saturated heterocycles. The maximum Gasteiger partial charge on any atom is 0.341 e.